The molecule has 2 aromatic rings. The molecule has 4 nitrogen and oxygen atoms in total. The van der Waals surface area contributed by atoms with Crippen molar-refractivity contribution in [1.82, 2.24) is 14.5 Å². The third kappa shape index (κ3) is 3.03. The molecule has 0 saturated carbocycles. The Kier molecular flexibility index (Phi) is 4.50. The van der Waals surface area contributed by atoms with Gasteiger partial charge in [0.1, 0.15) is 5.82 Å². The summed E-state index contributed by atoms with van der Waals surface area (Å²) in [5.74, 6) is 1.16. The number of nitrogens with zero attached hydrogens (tertiary/aromatic N) is 3. The fraction of sp³-hybridized carbons (Fsp3) is 0.611. The molecule has 0 radical (unpaired) electrons. The van der Waals surface area contributed by atoms with Crippen LogP contribution in [-0.2, 0) is 13.1 Å². The van der Waals surface area contributed by atoms with E-state index < -0.39 is 0 Å². The van der Waals surface area contributed by atoms with Crippen LogP contribution >= 0.6 is 0 Å². The molecule has 1 fully saturated rings. The number of aromatic nitrogens is 2. The van der Waals surface area contributed by atoms with Crippen LogP contribution in [0.15, 0.2) is 24.3 Å². The molecule has 1 atom stereocenters. The third-order valence-corrected chi connectivity index (χ3v) is 4.79. The van der Waals surface area contributed by atoms with Crippen LogP contribution in [0.25, 0.3) is 11.0 Å². The lowest BCUT2D eigenvalue weighted by Crippen LogP contribution is -2.43. The van der Waals surface area contributed by atoms with Crippen molar-refractivity contribution in [3.8, 4) is 0 Å². The Balaban J connectivity index is 1.85. The van der Waals surface area contributed by atoms with Crippen LogP contribution in [0.3, 0.4) is 0 Å². The molecule has 0 aliphatic carbocycles. The Morgan fingerprint density at radius 3 is 2.91 bits per heavy atom. The van der Waals surface area contributed by atoms with E-state index in [9.17, 15) is 5.11 Å². The fourth-order valence-corrected chi connectivity index (χ4v) is 3.61. The zero-order valence-electron chi connectivity index (χ0n) is 13.8. The number of likely N-dealkylation sites (tertiary alicyclic amines) is 1. The molecule has 1 aliphatic heterocycles. The summed E-state index contributed by atoms with van der Waals surface area (Å²) in [7, 11) is 0. The van der Waals surface area contributed by atoms with Gasteiger partial charge in [0, 0.05) is 25.1 Å². The molecule has 22 heavy (non-hydrogen) atoms. The van der Waals surface area contributed by atoms with E-state index in [1.54, 1.807) is 0 Å². The van der Waals surface area contributed by atoms with Gasteiger partial charge in [-0.1, -0.05) is 26.0 Å². The van der Waals surface area contributed by atoms with E-state index in [1.165, 1.54) is 5.52 Å². The Hall–Kier alpha value is -1.39. The van der Waals surface area contributed by atoms with Crippen molar-refractivity contribution in [2.75, 3.05) is 19.7 Å². The molecule has 1 aromatic heterocycles. The minimum Gasteiger partial charge on any atom is -0.396 e. The van der Waals surface area contributed by atoms with Crippen LogP contribution < -0.4 is 0 Å². The van der Waals surface area contributed by atoms with E-state index in [2.05, 4.69) is 47.6 Å². The zero-order valence-corrected chi connectivity index (χ0v) is 13.8. The van der Waals surface area contributed by atoms with Crippen LogP contribution in [0, 0.1) is 5.41 Å². The number of rotatable bonds is 5. The number of hydrogen-bond acceptors (Lipinski definition) is 3. The quantitative estimate of drug-likeness (QED) is 0.923. The summed E-state index contributed by atoms with van der Waals surface area (Å²) < 4.78 is 2.36. The minimum atomic E-state index is 0.0415. The third-order valence-electron chi connectivity index (χ3n) is 4.79. The molecule has 1 unspecified atom stereocenters. The monoisotopic (exact) mass is 301 g/mol. The molecule has 1 N–H and O–H groups in total. The number of imidazole rings is 1. The summed E-state index contributed by atoms with van der Waals surface area (Å²) in [5.41, 5.74) is 2.37. The number of aliphatic hydroxyl groups excluding tert-OH is 1. The van der Waals surface area contributed by atoms with Gasteiger partial charge in [-0.3, -0.25) is 4.90 Å². The van der Waals surface area contributed by atoms with E-state index in [0.29, 0.717) is 0 Å². The highest BCUT2D eigenvalue weighted by molar-refractivity contribution is 5.75. The number of para-hydroxylation sites is 2. The second-order valence-corrected chi connectivity index (χ2v) is 6.95. The van der Waals surface area contributed by atoms with Crippen molar-refractivity contribution < 1.29 is 5.11 Å². The van der Waals surface area contributed by atoms with Gasteiger partial charge in [0.2, 0.25) is 0 Å². The second-order valence-electron chi connectivity index (χ2n) is 6.95. The standard InChI is InChI=1S/C18H27N3O/c1-3-10-21-16-8-5-4-7-15(16)19-17(21)12-20-11-6-9-18(2,13-20)14-22/h4-5,7-8,22H,3,6,9-14H2,1-2H3. The summed E-state index contributed by atoms with van der Waals surface area (Å²) in [6.45, 7) is 8.63. The molecule has 0 bridgehead atoms. The van der Waals surface area contributed by atoms with Gasteiger partial charge in [-0.15, -0.1) is 0 Å². The van der Waals surface area contributed by atoms with E-state index in [-0.39, 0.29) is 12.0 Å². The molecule has 1 aliphatic rings. The van der Waals surface area contributed by atoms with Crippen molar-refractivity contribution in [2.24, 2.45) is 5.41 Å². The number of benzene rings is 1. The summed E-state index contributed by atoms with van der Waals surface area (Å²) in [6, 6.07) is 8.40. The molecule has 2 heterocycles. The smallest absolute Gasteiger partial charge is 0.124 e. The maximum Gasteiger partial charge on any atom is 0.124 e. The largest absolute Gasteiger partial charge is 0.396 e. The van der Waals surface area contributed by atoms with E-state index in [0.717, 1.165) is 56.8 Å². The first-order valence-corrected chi connectivity index (χ1v) is 8.42. The predicted octanol–water partition coefficient (Wildman–Crippen LogP) is 3.04. The van der Waals surface area contributed by atoms with E-state index in [1.807, 2.05) is 0 Å². The lowest BCUT2D eigenvalue weighted by Gasteiger charge is -2.39. The van der Waals surface area contributed by atoms with Gasteiger partial charge in [0.25, 0.3) is 0 Å². The highest BCUT2D eigenvalue weighted by Gasteiger charge is 2.30. The van der Waals surface area contributed by atoms with Crippen molar-refractivity contribution in [3.63, 3.8) is 0 Å². The highest BCUT2D eigenvalue weighted by Crippen LogP contribution is 2.30. The maximum atomic E-state index is 9.64. The topological polar surface area (TPSA) is 41.3 Å². The van der Waals surface area contributed by atoms with Gasteiger partial charge in [-0.05, 0) is 37.9 Å². The van der Waals surface area contributed by atoms with Gasteiger partial charge in [-0.2, -0.15) is 0 Å². The molecule has 120 valence electrons. The normalized spacial score (nSPS) is 23.2. The van der Waals surface area contributed by atoms with Gasteiger partial charge >= 0.3 is 0 Å². The molecular weight excluding hydrogens is 274 g/mol. The van der Waals surface area contributed by atoms with Crippen molar-refractivity contribution in [1.29, 1.82) is 0 Å². The van der Waals surface area contributed by atoms with Crippen molar-refractivity contribution in [3.05, 3.63) is 30.1 Å². The summed E-state index contributed by atoms with van der Waals surface area (Å²) in [4.78, 5) is 7.31. The molecule has 1 aromatic carbocycles. The maximum absolute atomic E-state index is 9.64. The highest BCUT2D eigenvalue weighted by atomic mass is 16.3. The van der Waals surface area contributed by atoms with Crippen molar-refractivity contribution in [2.45, 2.75) is 46.2 Å². The molecule has 0 spiro atoms. The van der Waals surface area contributed by atoms with E-state index >= 15 is 0 Å². The number of hydrogen-bond donors (Lipinski definition) is 1. The van der Waals surface area contributed by atoms with Gasteiger partial charge in [0.15, 0.2) is 0 Å². The Labute approximate surface area is 132 Å². The first-order chi connectivity index (χ1) is 10.6. The van der Waals surface area contributed by atoms with Gasteiger partial charge < -0.3 is 9.67 Å². The first kappa shape index (κ1) is 15.5. The summed E-state index contributed by atoms with van der Waals surface area (Å²) in [5, 5.41) is 9.64. The van der Waals surface area contributed by atoms with Crippen LogP contribution in [0.4, 0.5) is 0 Å². The lowest BCUT2D eigenvalue weighted by atomic mass is 9.83. The molecule has 1 saturated heterocycles. The van der Waals surface area contributed by atoms with Crippen LogP contribution in [-0.4, -0.2) is 39.3 Å². The number of aliphatic hydroxyl groups is 1. The van der Waals surface area contributed by atoms with Crippen LogP contribution in [0.5, 0.6) is 0 Å². The predicted molar refractivity (Wildman–Crippen MR) is 89.7 cm³/mol. The number of fused-ring (bicyclic) bond motifs is 1. The lowest BCUT2D eigenvalue weighted by molar-refractivity contribution is 0.0413. The summed E-state index contributed by atoms with van der Waals surface area (Å²) >= 11 is 0. The SMILES string of the molecule is CCCn1c(CN2CCCC(C)(CO)C2)nc2ccccc21. The van der Waals surface area contributed by atoms with Crippen LogP contribution in [0.2, 0.25) is 0 Å². The minimum absolute atomic E-state index is 0.0415. The molecule has 4 heteroatoms. The molecular formula is C18H27N3O. The van der Waals surface area contributed by atoms with E-state index in [4.69, 9.17) is 4.98 Å². The zero-order chi connectivity index (χ0) is 15.6. The molecule has 3 rings (SSSR count). The number of piperidine rings is 1. The van der Waals surface area contributed by atoms with Crippen LogP contribution in [0.1, 0.15) is 38.9 Å². The van der Waals surface area contributed by atoms with Gasteiger partial charge in [-0.25, -0.2) is 4.98 Å². The Bertz CT molecular complexity index is 636. The Morgan fingerprint density at radius 2 is 2.14 bits per heavy atom. The Morgan fingerprint density at radius 1 is 1.32 bits per heavy atom. The summed E-state index contributed by atoms with van der Waals surface area (Å²) in [6.07, 6.45) is 3.39. The average molecular weight is 301 g/mol. The second kappa shape index (κ2) is 6.39. The van der Waals surface area contributed by atoms with Gasteiger partial charge in [0.05, 0.1) is 17.6 Å². The van der Waals surface area contributed by atoms with Crippen molar-refractivity contribution >= 4 is 11.0 Å². The fourth-order valence-electron chi connectivity index (χ4n) is 3.61. The number of aryl methyl sites for hydroxylation is 1. The molecule has 0 amide bonds. The first-order valence-electron chi connectivity index (χ1n) is 8.42. The average Bonchev–Trinajstić information content (AvgIpc) is 2.86.